The quantitative estimate of drug-likeness (QED) is 0.705. The van der Waals surface area contributed by atoms with Gasteiger partial charge in [-0.15, -0.1) is 0 Å². The van der Waals surface area contributed by atoms with Gasteiger partial charge in [0.25, 0.3) is 0 Å². The Morgan fingerprint density at radius 1 is 1.11 bits per heavy atom. The molecule has 0 saturated carbocycles. The second-order valence-corrected chi connectivity index (χ2v) is 5.98. The summed E-state index contributed by atoms with van der Waals surface area (Å²) in [5, 5.41) is 2.39. The Labute approximate surface area is 125 Å². The Balaban J connectivity index is 1.78. The lowest BCUT2D eigenvalue weighted by atomic mass is 10.2. The molecule has 0 bridgehead atoms. The van der Waals surface area contributed by atoms with Gasteiger partial charge in [0.1, 0.15) is 0 Å². The van der Waals surface area contributed by atoms with Gasteiger partial charge in [-0.05, 0) is 41.6 Å². The van der Waals surface area contributed by atoms with Gasteiger partial charge in [0.2, 0.25) is 0 Å². The fourth-order valence-corrected chi connectivity index (χ4v) is 3.31. The Kier molecular flexibility index (Phi) is 3.69. The number of imidazole rings is 1. The lowest BCUT2D eigenvalue weighted by Gasteiger charge is -2.01. The number of aromatic amines is 2. The van der Waals surface area contributed by atoms with Crippen molar-refractivity contribution in [3.63, 3.8) is 0 Å². The summed E-state index contributed by atoms with van der Waals surface area (Å²) in [5.74, 6) is 0.791. The summed E-state index contributed by atoms with van der Waals surface area (Å²) in [6.07, 6.45) is 0. The molecule has 1 aromatic heterocycles. The Hall–Kier alpha value is -1.16. The second kappa shape index (κ2) is 5.45. The molecule has 0 radical (unpaired) electrons. The van der Waals surface area contributed by atoms with Crippen LogP contribution in [0.1, 0.15) is 5.56 Å². The van der Waals surface area contributed by atoms with Crippen molar-refractivity contribution in [3.8, 4) is 0 Å². The zero-order chi connectivity index (χ0) is 13.2. The molecule has 5 heteroatoms. The van der Waals surface area contributed by atoms with E-state index in [2.05, 4.69) is 9.97 Å². The molecule has 0 amide bonds. The van der Waals surface area contributed by atoms with Crippen LogP contribution in [0.2, 0.25) is 10.0 Å². The third-order valence-corrected chi connectivity index (χ3v) is 4.35. The van der Waals surface area contributed by atoms with Crippen molar-refractivity contribution in [1.29, 1.82) is 0 Å². The molecule has 0 atom stereocenters. The lowest BCUT2D eigenvalue weighted by Crippen LogP contribution is -2.01. The van der Waals surface area contributed by atoms with Crippen LogP contribution in [0.3, 0.4) is 0 Å². The summed E-state index contributed by atoms with van der Waals surface area (Å²) in [6.45, 7) is 0. The summed E-state index contributed by atoms with van der Waals surface area (Å²) >= 11 is 13.7. The zero-order valence-electron chi connectivity index (χ0n) is 9.91. The van der Waals surface area contributed by atoms with E-state index in [0.29, 0.717) is 10.0 Å². The Morgan fingerprint density at radius 3 is 2.74 bits per heavy atom. The number of H-pyrrole nitrogens is 2. The number of hydrogen-bond donors (Lipinski definition) is 1. The van der Waals surface area contributed by atoms with Crippen LogP contribution < -0.4 is 4.98 Å². The highest BCUT2D eigenvalue weighted by atomic mass is 35.5. The number of halogens is 2. The van der Waals surface area contributed by atoms with Crippen molar-refractivity contribution in [3.05, 3.63) is 58.1 Å². The summed E-state index contributed by atoms with van der Waals surface area (Å²) in [5.41, 5.74) is 3.28. The lowest BCUT2D eigenvalue weighted by molar-refractivity contribution is -0.396. The predicted molar refractivity (Wildman–Crippen MR) is 80.9 cm³/mol. The van der Waals surface area contributed by atoms with Gasteiger partial charge < -0.3 is 0 Å². The number of rotatable bonds is 3. The molecule has 2 aromatic carbocycles. The van der Waals surface area contributed by atoms with E-state index < -0.39 is 0 Å². The van der Waals surface area contributed by atoms with E-state index in [1.54, 1.807) is 17.8 Å². The minimum atomic E-state index is 0.663. The van der Waals surface area contributed by atoms with Crippen LogP contribution in [-0.4, -0.2) is 4.98 Å². The zero-order valence-corrected chi connectivity index (χ0v) is 12.2. The van der Waals surface area contributed by atoms with Gasteiger partial charge in [0, 0.05) is 15.8 Å². The van der Waals surface area contributed by atoms with Crippen molar-refractivity contribution in [2.45, 2.75) is 10.9 Å². The highest BCUT2D eigenvalue weighted by Gasteiger charge is 2.11. The van der Waals surface area contributed by atoms with Gasteiger partial charge >= 0.3 is 5.16 Å². The predicted octanol–water partition coefficient (Wildman–Crippen LogP) is 4.58. The Morgan fingerprint density at radius 2 is 1.95 bits per heavy atom. The third kappa shape index (κ3) is 2.89. The van der Waals surface area contributed by atoms with Gasteiger partial charge in [-0.25, -0.2) is 9.97 Å². The van der Waals surface area contributed by atoms with Crippen molar-refractivity contribution in [1.82, 2.24) is 4.98 Å². The van der Waals surface area contributed by atoms with Crippen LogP contribution in [0, 0.1) is 0 Å². The largest absolute Gasteiger partial charge is 0.314 e. The highest BCUT2D eigenvalue weighted by molar-refractivity contribution is 7.98. The summed E-state index contributed by atoms with van der Waals surface area (Å²) in [6, 6.07) is 13.7. The molecule has 0 aliphatic carbocycles. The highest BCUT2D eigenvalue weighted by Crippen LogP contribution is 2.27. The first-order chi connectivity index (χ1) is 9.22. The molecule has 1 heterocycles. The number of fused-ring (bicyclic) bond motifs is 1. The molecule has 0 spiro atoms. The van der Waals surface area contributed by atoms with E-state index in [1.165, 1.54) is 0 Å². The van der Waals surface area contributed by atoms with Gasteiger partial charge in [-0.2, -0.15) is 0 Å². The maximum atomic E-state index is 6.16. The van der Waals surface area contributed by atoms with E-state index >= 15 is 0 Å². The first-order valence-electron chi connectivity index (χ1n) is 5.79. The summed E-state index contributed by atoms with van der Waals surface area (Å²) < 4.78 is 0. The average Bonchev–Trinajstić information content (AvgIpc) is 2.80. The normalized spacial score (nSPS) is 11.1. The molecule has 0 saturated heterocycles. The first kappa shape index (κ1) is 12.9. The van der Waals surface area contributed by atoms with Crippen molar-refractivity contribution >= 4 is 46.0 Å². The maximum Gasteiger partial charge on any atom is 0.314 e. The molecule has 0 aliphatic rings. The molecular formula is C14H11Cl2N2S+. The molecule has 0 fully saturated rings. The number of thioether (sulfide) groups is 1. The van der Waals surface area contributed by atoms with E-state index in [9.17, 15) is 0 Å². The molecule has 19 heavy (non-hydrogen) atoms. The van der Waals surface area contributed by atoms with Crippen molar-refractivity contribution < 1.29 is 4.98 Å². The number of para-hydroxylation sites is 2. The fourth-order valence-electron chi connectivity index (χ4n) is 1.84. The Bertz CT molecular complexity index is 691. The molecule has 3 rings (SSSR count). The average molecular weight is 310 g/mol. The van der Waals surface area contributed by atoms with Crippen molar-refractivity contribution in [2.75, 3.05) is 0 Å². The molecule has 3 aromatic rings. The molecule has 2 nitrogen and oxygen atoms in total. The van der Waals surface area contributed by atoms with Crippen LogP contribution in [0.4, 0.5) is 0 Å². The van der Waals surface area contributed by atoms with E-state index in [-0.39, 0.29) is 0 Å². The van der Waals surface area contributed by atoms with E-state index in [0.717, 1.165) is 27.5 Å². The smallest absolute Gasteiger partial charge is 0.231 e. The molecule has 0 unspecified atom stereocenters. The third-order valence-electron chi connectivity index (χ3n) is 2.81. The summed E-state index contributed by atoms with van der Waals surface area (Å²) in [7, 11) is 0. The SMILES string of the molecule is Clc1ccc(CSc2[nH]c3ccccc3[nH+]2)c(Cl)c1. The summed E-state index contributed by atoms with van der Waals surface area (Å²) in [4.78, 5) is 6.67. The topological polar surface area (TPSA) is 29.9 Å². The van der Waals surface area contributed by atoms with Gasteiger partial charge in [0.15, 0.2) is 11.0 Å². The molecule has 2 N–H and O–H groups in total. The van der Waals surface area contributed by atoms with E-state index in [4.69, 9.17) is 23.2 Å². The second-order valence-electron chi connectivity index (χ2n) is 4.15. The minimum absolute atomic E-state index is 0.663. The van der Waals surface area contributed by atoms with Crippen LogP contribution in [-0.2, 0) is 5.75 Å². The standard InChI is InChI=1S/C14H10Cl2N2S/c15-10-6-5-9(11(16)7-10)8-19-14-17-12-3-1-2-4-13(12)18-14/h1-7H,8H2,(H,17,18)/p+1. The monoisotopic (exact) mass is 309 g/mol. The van der Waals surface area contributed by atoms with Crippen molar-refractivity contribution in [2.24, 2.45) is 0 Å². The first-order valence-corrected chi connectivity index (χ1v) is 7.53. The van der Waals surface area contributed by atoms with Gasteiger partial charge in [-0.1, -0.05) is 41.4 Å². The molecular weight excluding hydrogens is 299 g/mol. The number of hydrogen-bond acceptors (Lipinski definition) is 1. The minimum Gasteiger partial charge on any atom is -0.231 e. The molecule has 96 valence electrons. The molecule has 0 aliphatic heterocycles. The number of aromatic nitrogens is 2. The van der Waals surface area contributed by atoms with Crippen LogP contribution in [0.15, 0.2) is 47.6 Å². The van der Waals surface area contributed by atoms with Crippen LogP contribution >= 0.6 is 35.0 Å². The van der Waals surface area contributed by atoms with E-state index in [1.807, 2.05) is 36.4 Å². The number of nitrogens with one attached hydrogen (secondary N) is 2. The number of benzene rings is 2. The van der Waals surface area contributed by atoms with Crippen LogP contribution in [0.25, 0.3) is 11.0 Å². The maximum absolute atomic E-state index is 6.16. The fraction of sp³-hybridized carbons (Fsp3) is 0.0714. The van der Waals surface area contributed by atoms with Crippen LogP contribution in [0.5, 0.6) is 0 Å². The van der Waals surface area contributed by atoms with Gasteiger partial charge in [0.05, 0.1) is 0 Å². The van der Waals surface area contributed by atoms with Gasteiger partial charge in [-0.3, -0.25) is 0 Å².